The summed E-state index contributed by atoms with van der Waals surface area (Å²) in [6.07, 6.45) is 3.17. The highest BCUT2D eigenvalue weighted by atomic mass is 35.5. The fourth-order valence-electron chi connectivity index (χ4n) is 3.66. The zero-order chi connectivity index (χ0) is 19.9. The summed E-state index contributed by atoms with van der Waals surface area (Å²) in [7, 11) is 3.91. The largest absolute Gasteiger partial charge is 0.356 e. The molecule has 3 rings (SSSR count). The summed E-state index contributed by atoms with van der Waals surface area (Å²) in [5.74, 6) is 2.07. The number of halogens is 1. The highest BCUT2D eigenvalue weighted by Crippen LogP contribution is 2.19. The minimum absolute atomic E-state index is 0.578. The van der Waals surface area contributed by atoms with Gasteiger partial charge in [-0.1, -0.05) is 23.7 Å². The van der Waals surface area contributed by atoms with E-state index in [0.29, 0.717) is 35.7 Å². The Kier molecular flexibility index (Phi) is 7.28. The van der Waals surface area contributed by atoms with Gasteiger partial charge in [-0.2, -0.15) is 4.98 Å². The summed E-state index contributed by atoms with van der Waals surface area (Å²) in [4.78, 5) is 13.6. The minimum atomic E-state index is 0.578. The van der Waals surface area contributed by atoms with Crippen molar-refractivity contribution < 1.29 is 4.52 Å². The third-order valence-electron chi connectivity index (χ3n) is 5.16. The van der Waals surface area contributed by atoms with Crippen molar-refractivity contribution in [3.8, 4) is 11.4 Å². The number of likely N-dealkylation sites (N-methyl/N-ethyl adjacent to an activating group) is 2. The third-order valence-corrected chi connectivity index (χ3v) is 5.41. The molecule has 1 N–H and O–H groups in total. The van der Waals surface area contributed by atoms with Crippen LogP contribution >= 0.6 is 11.6 Å². The van der Waals surface area contributed by atoms with Gasteiger partial charge in [-0.15, -0.1) is 0 Å². The third kappa shape index (κ3) is 5.23. The van der Waals surface area contributed by atoms with Crippen LogP contribution in [0.2, 0.25) is 5.02 Å². The van der Waals surface area contributed by atoms with Crippen molar-refractivity contribution in [1.82, 2.24) is 25.3 Å². The van der Waals surface area contributed by atoms with Crippen molar-refractivity contribution in [2.24, 2.45) is 4.99 Å². The van der Waals surface area contributed by atoms with E-state index < -0.39 is 0 Å². The Labute approximate surface area is 171 Å². The molecule has 0 radical (unpaired) electrons. The van der Waals surface area contributed by atoms with E-state index in [4.69, 9.17) is 16.1 Å². The predicted octanol–water partition coefficient (Wildman–Crippen LogP) is 2.92. The number of likely N-dealkylation sites (tertiary alicyclic amines) is 1. The molecule has 1 atom stereocenters. The van der Waals surface area contributed by atoms with Crippen LogP contribution in [-0.4, -0.2) is 72.2 Å². The number of nitrogens with zero attached hydrogens (tertiary/aromatic N) is 5. The molecule has 28 heavy (non-hydrogen) atoms. The SMILES string of the molecule is CCN1CCCC1CN(C)C(=NC)NCCc1nc(-c2ccc(Cl)cc2)no1. The number of aliphatic imine (C=N–C) groups is 1. The molecule has 152 valence electrons. The van der Waals surface area contributed by atoms with Gasteiger partial charge in [0, 0.05) is 50.2 Å². The maximum absolute atomic E-state index is 5.92. The van der Waals surface area contributed by atoms with Gasteiger partial charge in [0.1, 0.15) is 0 Å². The first-order valence-electron chi connectivity index (χ1n) is 9.85. The smallest absolute Gasteiger partial charge is 0.228 e. The predicted molar refractivity (Wildman–Crippen MR) is 113 cm³/mol. The molecule has 2 aromatic rings. The molecule has 1 fully saturated rings. The number of nitrogens with one attached hydrogen (secondary N) is 1. The number of benzene rings is 1. The van der Waals surface area contributed by atoms with Crippen LogP contribution in [0.3, 0.4) is 0 Å². The second-order valence-corrected chi connectivity index (χ2v) is 7.48. The van der Waals surface area contributed by atoms with Gasteiger partial charge in [-0.05, 0) is 50.2 Å². The molecule has 0 saturated carbocycles. The Balaban J connectivity index is 1.48. The van der Waals surface area contributed by atoms with Gasteiger partial charge >= 0.3 is 0 Å². The summed E-state index contributed by atoms with van der Waals surface area (Å²) in [6.45, 7) is 6.20. The van der Waals surface area contributed by atoms with E-state index in [0.717, 1.165) is 24.6 Å². The molecule has 1 saturated heterocycles. The van der Waals surface area contributed by atoms with Crippen molar-refractivity contribution in [2.45, 2.75) is 32.2 Å². The maximum Gasteiger partial charge on any atom is 0.228 e. The van der Waals surface area contributed by atoms with E-state index in [1.54, 1.807) is 0 Å². The number of rotatable bonds is 7. The Morgan fingerprint density at radius 3 is 2.89 bits per heavy atom. The van der Waals surface area contributed by atoms with Gasteiger partial charge in [0.2, 0.25) is 11.7 Å². The van der Waals surface area contributed by atoms with Gasteiger partial charge < -0.3 is 14.7 Å². The molecular formula is C20H29ClN6O. The van der Waals surface area contributed by atoms with Crippen LogP contribution in [-0.2, 0) is 6.42 Å². The fraction of sp³-hybridized carbons (Fsp3) is 0.550. The lowest BCUT2D eigenvalue weighted by atomic mass is 10.2. The highest BCUT2D eigenvalue weighted by Gasteiger charge is 2.24. The lowest BCUT2D eigenvalue weighted by Crippen LogP contribution is -2.46. The van der Waals surface area contributed by atoms with Crippen LogP contribution in [0.5, 0.6) is 0 Å². The molecule has 7 nitrogen and oxygen atoms in total. The minimum Gasteiger partial charge on any atom is -0.356 e. The van der Waals surface area contributed by atoms with E-state index >= 15 is 0 Å². The molecule has 0 spiro atoms. The van der Waals surface area contributed by atoms with Gasteiger partial charge in [-0.25, -0.2) is 0 Å². The van der Waals surface area contributed by atoms with E-state index in [2.05, 4.69) is 44.2 Å². The normalized spacial score (nSPS) is 17.9. The first kappa shape index (κ1) is 20.6. The Hall–Kier alpha value is -2.12. The molecule has 1 aromatic carbocycles. The zero-order valence-corrected chi connectivity index (χ0v) is 17.6. The van der Waals surface area contributed by atoms with Crippen LogP contribution in [0, 0.1) is 0 Å². The van der Waals surface area contributed by atoms with Crippen molar-refractivity contribution in [2.75, 3.05) is 40.3 Å². The van der Waals surface area contributed by atoms with Gasteiger partial charge in [0.25, 0.3) is 0 Å². The van der Waals surface area contributed by atoms with Crippen molar-refractivity contribution >= 4 is 17.6 Å². The van der Waals surface area contributed by atoms with Gasteiger partial charge in [-0.3, -0.25) is 9.89 Å². The summed E-state index contributed by atoms with van der Waals surface area (Å²) < 4.78 is 5.37. The average molecular weight is 405 g/mol. The van der Waals surface area contributed by atoms with Gasteiger partial charge in [0.05, 0.1) is 0 Å². The van der Waals surface area contributed by atoms with E-state index in [1.807, 2.05) is 31.3 Å². The summed E-state index contributed by atoms with van der Waals surface area (Å²) in [6, 6.07) is 8.01. The zero-order valence-electron chi connectivity index (χ0n) is 16.9. The topological polar surface area (TPSA) is 69.8 Å². The molecular weight excluding hydrogens is 376 g/mol. The number of aromatic nitrogens is 2. The van der Waals surface area contributed by atoms with Crippen LogP contribution in [0.4, 0.5) is 0 Å². The standard InChI is InChI=1S/C20H29ClN6O/c1-4-27-13-5-6-17(27)14-26(3)20(22-2)23-12-11-18-24-19(25-28-18)15-7-9-16(21)10-8-15/h7-10,17H,4-6,11-14H2,1-3H3,(H,22,23). The van der Waals surface area contributed by atoms with Crippen molar-refractivity contribution in [1.29, 1.82) is 0 Å². The molecule has 8 heteroatoms. The second kappa shape index (κ2) is 9.89. The average Bonchev–Trinajstić information content (AvgIpc) is 3.35. The lowest BCUT2D eigenvalue weighted by Gasteiger charge is -2.29. The van der Waals surface area contributed by atoms with Crippen LogP contribution in [0.15, 0.2) is 33.8 Å². The number of hydrogen-bond donors (Lipinski definition) is 1. The summed E-state index contributed by atoms with van der Waals surface area (Å²) >= 11 is 5.92. The molecule has 0 aliphatic carbocycles. The monoisotopic (exact) mass is 404 g/mol. The van der Waals surface area contributed by atoms with Crippen LogP contribution in [0.25, 0.3) is 11.4 Å². The molecule has 1 aliphatic rings. The van der Waals surface area contributed by atoms with Gasteiger partial charge in [0.15, 0.2) is 5.96 Å². The van der Waals surface area contributed by atoms with E-state index in [9.17, 15) is 0 Å². The van der Waals surface area contributed by atoms with E-state index in [1.165, 1.54) is 19.4 Å². The van der Waals surface area contributed by atoms with Crippen LogP contribution in [0.1, 0.15) is 25.7 Å². The number of guanidine groups is 1. The summed E-state index contributed by atoms with van der Waals surface area (Å²) in [5, 5.41) is 8.13. The van der Waals surface area contributed by atoms with E-state index in [-0.39, 0.29) is 0 Å². The highest BCUT2D eigenvalue weighted by molar-refractivity contribution is 6.30. The molecule has 0 bridgehead atoms. The Morgan fingerprint density at radius 2 is 2.18 bits per heavy atom. The van der Waals surface area contributed by atoms with Crippen molar-refractivity contribution in [3.63, 3.8) is 0 Å². The first-order valence-corrected chi connectivity index (χ1v) is 10.2. The number of hydrogen-bond acceptors (Lipinski definition) is 5. The van der Waals surface area contributed by atoms with Crippen molar-refractivity contribution in [3.05, 3.63) is 35.2 Å². The first-order chi connectivity index (χ1) is 13.6. The second-order valence-electron chi connectivity index (χ2n) is 7.05. The summed E-state index contributed by atoms with van der Waals surface area (Å²) in [5.41, 5.74) is 0.889. The molecule has 1 aromatic heterocycles. The lowest BCUT2D eigenvalue weighted by molar-refractivity contribution is 0.232. The quantitative estimate of drug-likeness (QED) is 0.565. The molecule has 1 aliphatic heterocycles. The molecule has 0 amide bonds. The molecule has 2 heterocycles. The van der Waals surface area contributed by atoms with Crippen LogP contribution < -0.4 is 5.32 Å². The Morgan fingerprint density at radius 1 is 1.39 bits per heavy atom. The Bertz CT molecular complexity index is 775. The fourth-order valence-corrected chi connectivity index (χ4v) is 3.79. The maximum atomic E-state index is 5.92. The molecule has 1 unspecified atom stereocenters.